The molecule has 2 aromatic carbocycles. The van der Waals surface area contributed by atoms with Crippen molar-refractivity contribution in [3.8, 4) is 5.75 Å². The smallest absolute Gasteiger partial charge is 0.133 e. The molecule has 0 aliphatic rings. The SMILES string of the molecule is CCOc1ccc(C(Br)c2cc3ccccc3s2)cc1Br. The molecule has 0 saturated heterocycles. The number of halogens is 2. The van der Waals surface area contributed by atoms with E-state index in [0.717, 1.165) is 10.2 Å². The number of thiophene rings is 1. The van der Waals surface area contributed by atoms with E-state index in [1.54, 1.807) is 0 Å². The van der Waals surface area contributed by atoms with Gasteiger partial charge in [0.2, 0.25) is 0 Å². The third-order valence-corrected chi connectivity index (χ3v) is 6.37. The zero-order valence-electron chi connectivity index (χ0n) is 11.5. The second-order valence-electron chi connectivity index (χ2n) is 4.67. The highest BCUT2D eigenvalue weighted by atomic mass is 79.9. The predicted octanol–water partition coefficient (Wildman–Crippen LogP) is 6.55. The summed E-state index contributed by atoms with van der Waals surface area (Å²) >= 11 is 9.23. The minimum Gasteiger partial charge on any atom is -0.493 e. The first kappa shape index (κ1) is 15.1. The first-order chi connectivity index (χ1) is 10.2. The molecular weight excluding hydrogens is 412 g/mol. The maximum atomic E-state index is 5.57. The summed E-state index contributed by atoms with van der Waals surface area (Å²) in [5, 5.41) is 1.30. The summed E-state index contributed by atoms with van der Waals surface area (Å²) < 4.78 is 7.88. The number of alkyl halides is 1. The lowest BCUT2D eigenvalue weighted by atomic mass is 10.1. The van der Waals surface area contributed by atoms with E-state index in [2.05, 4.69) is 74.3 Å². The molecule has 0 fully saturated rings. The molecule has 0 N–H and O–H groups in total. The van der Waals surface area contributed by atoms with Crippen LogP contribution in [0, 0.1) is 0 Å². The first-order valence-corrected chi connectivity index (χ1v) is 9.26. The minimum atomic E-state index is 0.196. The summed E-state index contributed by atoms with van der Waals surface area (Å²) in [7, 11) is 0. The lowest BCUT2D eigenvalue weighted by Crippen LogP contribution is -1.95. The van der Waals surface area contributed by atoms with E-state index >= 15 is 0 Å². The van der Waals surface area contributed by atoms with Gasteiger partial charge in [-0.3, -0.25) is 0 Å². The van der Waals surface area contributed by atoms with Crippen LogP contribution in [0.3, 0.4) is 0 Å². The van der Waals surface area contributed by atoms with Gasteiger partial charge in [0.05, 0.1) is 15.9 Å². The van der Waals surface area contributed by atoms with Crippen LogP contribution in [-0.4, -0.2) is 6.61 Å². The molecule has 3 rings (SSSR count). The topological polar surface area (TPSA) is 9.23 Å². The van der Waals surface area contributed by atoms with Gasteiger partial charge in [0.25, 0.3) is 0 Å². The van der Waals surface area contributed by atoms with Crippen LogP contribution >= 0.6 is 43.2 Å². The monoisotopic (exact) mass is 424 g/mol. The van der Waals surface area contributed by atoms with E-state index in [1.807, 2.05) is 24.3 Å². The van der Waals surface area contributed by atoms with Crippen molar-refractivity contribution in [1.82, 2.24) is 0 Å². The average Bonchev–Trinajstić information content (AvgIpc) is 2.92. The number of hydrogen-bond donors (Lipinski definition) is 0. The zero-order valence-corrected chi connectivity index (χ0v) is 15.5. The highest BCUT2D eigenvalue weighted by molar-refractivity contribution is 9.10. The molecule has 1 unspecified atom stereocenters. The Labute approximate surface area is 145 Å². The van der Waals surface area contributed by atoms with Gasteiger partial charge in [-0.25, -0.2) is 0 Å². The normalized spacial score (nSPS) is 12.5. The molecule has 3 aromatic rings. The van der Waals surface area contributed by atoms with Crippen LogP contribution in [0.1, 0.15) is 22.2 Å². The molecule has 0 amide bonds. The Balaban J connectivity index is 1.93. The van der Waals surface area contributed by atoms with Gasteiger partial charge < -0.3 is 4.74 Å². The molecule has 4 heteroatoms. The van der Waals surface area contributed by atoms with Crippen molar-refractivity contribution in [2.24, 2.45) is 0 Å². The van der Waals surface area contributed by atoms with Gasteiger partial charge in [0, 0.05) is 9.58 Å². The molecule has 1 nitrogen and oxygen atoms in total. The Morgan fingerprint density at radius 2 is 1.95 bits per heavy atom. The van der Waals surface area contributed by atoms with Gasteiger partial charge in [-0.15, -0.1) is 11.3 Å². The van der Waals surface area contributed by atoms with Gasteiger partial charge in [-0.1, -0.05) is 40.2 Å². The summed E-state index contributed by atoms with van der Waals surface area (Å²) in [4.78, 5) is 1.51. The summed E-state index contributed by atoms with van der Waals surface area (Å²) in [6, 6.07) is 17.0. The van der Waals surface area contributed by atoms with Crippen LogP contribution < -0.4 is 4.74 Å². The molecule has 0 aliphatic heterocycles. The standard InChI is InChI=1S/C17H14Br2OS/c1-2-20-14-8-7-12(9-13(14)18)17(19)16-10-11-5-3-4-6-15(11)21-16/h3-10,17H,2H2,1H3. The van der Waals surface area contributed by atoms with Crippen molar-refractivity contribution >= 4 is 53.3 Å². The lowest BCUT2D eigenvalue weighted by molar-refractivity contribution is 0.338. The predicted molar refractivity (Wildman–Crippen MR) is 97.9 cm³/mol. The van der Waals surface area contributed by atoms with Gasteiger partial charge in [0.15, 0.2) is 0 Å². The number of benzene rings is 2. The van der Waals surface area contributed by atoms with E-state index in [9.17, 15) is 0 Å². The Morgan fingerprint density at radius 3 is 2.67 bits per heavy atom. The Kier molecular flexibility index (Phi) is 4.67. The second kappa shape index (κ2) is 6.51. The fourth-order valence-electron chi connectivity index (χ4n) is 2.24. The van der Waals surface area contributed by atoms with Crippen LogP contribution in [0.4, 0.5) is 0 Å². The van der Waals surface area contributed by atoms with Crippen molar-refractivity contribution in [3.63, 3.8) is 0 Å². The van der Waals surface area contributed by atoms with Crippen LogP contribution in [0.2, 0.25) is 0 Å². The summed E-state index contributed by atoms with van der Waals surface area (Å²) in [5.74, 6) is 0.886. The largest absolute Gasteiger partial charge is 0.493 e. The van der Waals surface area contributed by atoms with E-state index in [-0.39, 0.29) is 4.83 Å². The van der Waals surface area contributed by atoms with E-state index < -0.39 is 0 Å². The van der Waals surface area contributed by atoms with Gasteiger partial charge in [-0.05, 0) is 58.1 Å². The van der Waals surface area contributed by atoms with Gasteiger partial charge in [0.1, 0.15) is 5.75 Å². The average molecular weight is 426 g/mol. The fraction of sp³-hybridized carbons (Fsp3) is 0.176. The summed E-state index contributed by atoms with van der Waals surface area (Å²) in [5.41, 5.74) is 1.22. The van der Waals surface area contributed by atoms with Crippen molar-refractivity contribution < 1.29 is 4.74 Å². The molecule has 1 atom stereocenters. The summed E-state index contributed by atoms with van der Waals surface area (Å²) in [6.45, 7) is 2.66. The molecule has 1 heterocycles. The number of hydrogen-bond acceptors (Lipinski definition) is 2. The highest BCUT2D eigenvalue weighted by Gasteiger charge is 2.15. The van der Waals surface area contributed by atoms with Gasteiger partial charge in [-0.2, -0.15) is 0 Å². The van der Waals surface area contributed by atoms with Crippen molar-refractivity contribution in [2.45, 2.75) is 11.8 Å². The van der Waals surface area contributed by atoms with Crippen LogP contribution in [0.25, 0.3) is 10.1 Å². The van der Waals surface area contributed by atoms with Crippen LogP contribution in [0.5, 0.6) is 5.75 Å². The molecular formula is C17H14Br2OS. The maximum absolute atomic E-state index is 5.57. The van der Waals surface area contributed by atoms with Crippen molar-refractivity contribution in [2.75, 3.05) is 6.61 Å². The Hall–Kier alpha value is -0.840. The van der Waals surface area contributed by atoms with Crippen LogP contribution in [-0.2, 0) is 0 Å². The Morgan fingerprint density at radius 1 is 1.14 bits per heavy atom. The van der Waals surface area contributed by atoms with Crippen molar-refractivity contribution in [3.05, 3.63) is 63.4 Å². The second-order valence-corrected chi connectivity index (χ2v) is 7.56. The molecule has 108 valence electrons. The summed E-state index contributed by atoms with van der Waals surface area (Å²) in [6.07, 6.45) is 0. The van der Waals surface area contributed by atoms with Gasteiger partial charge >= 0.3 is 0 Å². The fourth-order valence-corrected chi connectivity index (χ4v) is 4.52. The first-order valence-electron chi connectivity index (χ1n) is 6.74. The number of rotatable bonds is 4. The van der Waals surface area contributed by atoms with E-state index in [4.69, 9.17) is 4.74 Å². The molecule has 0 aliphatic carbocycles. The van der Waals surface area contributed by atoms with Crippen molar-refractivity contribution in [1.29, 1.82) is 0 Å². The Bertz CT molecular complexity index is 733. The quantitative estimate of drug-likeness (QED) is 0.430. The molecule has 1 aromatic heterocycles. The zero-order chi connectivity index (χ0) is 14.8. The maximum Gasteiger partial charge on any atom is 0.133 e. The highest BCUT2D eigenvalue weighted by Crippen LogP contribution is 2.40. The molecule has 0 saturated carbocycles. The molecule has 0 radical (unpaired) electrons. The van der Waals surface area contributed by atoms with E-state index in [1.165, 1.54) is 20.5 Å². The lowest BCUT2D eigenvalue weighted by Gasteiger charge is -2.11. The molecule has 0 bridgehead atoms. The number of fused-ring (bicyclic) bond motifs is 1. The van der Waals surface area contributed by atoms with Crippen LogP contribution in [0.15, 0.2) is 53.0 Å². The molecule has 0 spiro atoms. The third kappa shape index (κ3) is 3.17. The number of ether oxygens (including phenoxy) is 1. The molecule has 21 heavy (non-hydrogen) atoms. The minimum absolute atomic E-state index is 0.196. The third-order valence-electron chi connectivity index (χ3n) is 3.24. The van der Waals surface area contributed by atoms with E-state index in [0.29, 0.717) is 6.61 Å².